The first kappa shape index (κ1) is 17.4. The van der Waals surface area contributed by atoms with Gasteiger partial charge in [-0.25, -0.2) is 4.79 Å². The van der Waals surface area contributed by atoms with Gasteiger partial charge in [-0.05, 0) is 25.9 Å². The van der Waals surface area contributed by atoms with Crippen molar-refractivity contribution in [2.75, 3.05) is 23.9 Å². The quantitative estimate of drug-likeness (QED) is 0.815. The summed E-state index contributed by atoms with van der Waals surface area (Å²) in [7, 11) is 0. The highest BCUT2D eigenvalue weighted by atomic mass is 32.2. The van der Waals surface area contributed by atoms with E-state index in [1.54, 1.807) is 20.8 Å². The number of nitrogens with zero attached hydrogens (tertiary/aromatic N) is 3. The number of amides is 2. The molecule has 1 aromatic rings. The molecular formula is C13H21N5O4S. The molecule has 1 saturated heterocycles. The van der Waals surface area contributed by atoms with E-state index in [0.717, 1.165) is 0 Å². The highest BCUT2D eigenvalue weighted by Gasteiger charge is 2.36. The fourth-order valence-electron chi connectivity index (χ4n) is 1.94. The number of carbonyl (C=O) groups is 2. The third-order valence-electron chi connectivity index (χ3n) is 2.93. The number of carbonyl (C=O) groups excluding carboxylic acids is 2. The van der Waals surface area contributed by atoms with E-state index < -0.39 is 17.7 Å². The average molecular weight is 343 g/mol. The highest BCUT2D eigenvalue weighted by Crippen LogP contribution is 2.23. The zero-order valence-corrected chi connectivity index (χ0v) is 14.2. The van der Waals surface area contributed by atoms with Crippen LogP contribution < -0.4 is 11.1 Å². The number of aromatic nitrogens is 2. The zero-order chi connectivity index (χ0) is 17.0. The van der Waals surface area contributed by atoms with Gasteiger partial charge in [0.1, 0.15) is 11.6 Å². The summed E-state index contributed by atoms with van der Waals surface area (Å²) in [5.41, 5.74) is 4.75. The topological polar surface area (TPSA) is 124 Å². The molecule has 1 aliphatic rings. The Kier molecular flexibility index (Phi) is 5.34. The number of nitrogens with two attached hydrogens (primary N) is 1. The minimum atomic E-state index is -0.594. The number of hydrogen-bond donors (Lipinski definition) is 2. The van der Waals surface area contributed by atoms with Crippen LogP contribution >= 0.6 is 11.8 Å². The average Bonchev–Trinajstić information content (AvgIpc) is 3.05. The molecule has 0 radical (unpaired) electrons. The Bertz CT molecular complexity index is 571. The lowest BCUT2D eigenvalue weighted by Gasteiger charge is -2.27. The third kappa shape index (κ3) is 5.02. The molecule has 2 rings (SSSR count). The van der Waals surface area contributed by atoms with Crippen molar-refractivity contribution in [1.82, 2.24) is 20.4 Å². The summed E-state index contributed by atoms with van der Waals surface area (Å²) in [6, 6.07) is -0.539. The smallest absolute Gasteiger partial charge is 0.411 e. The molecule has 1 aliphatic heterocycles. The number of thioether (sulfide) groups is 1. The van der Waals surface area contributed by atoms with Gasteiger partial charge in [-0.3, -0.25) is 9.69 Å². The van der Waals surface area contributed by atoms with Crippen LogP contribution in [0.25, 0.3) is 0 Å². The summed E-state index contributed by atoms with van der Waals surface area (Å²) in [4.78, 5) is 29.7. The second-order valence-electron chi connectivity index (χ2n) is 6.05. The van der Waals surface area contributed by atoms with Crippen LogP contribution in [0, 0.1) is 0 Å². The minimum Gasteiger partial charge on any atom is -0.444 e. The lowest BCUT2D eigenvalue weighted by Crippen LogP contribution is -2.49. The molecule has 3 N–H and O–H groups in total. The van der Waals surface area contributed by atoms with Crippen LogP contribution in [0.2, 0.25) is 0 Å². The van der Waals surface area contributed by atoms with E-state index in [9.17, 15) is 9.59 Å². The van der Waals surface area contributed by atoms with Crippen molar-refractivity contribution in [3.05, 3.63) is 5.89 Å². The number of nitrogen functional groups attached to an aromatic ring is 1. The molecule has 0 unspecified atom stereocenters. The number of hydrogen-bond acceptors (Lipinski definition) is 8. The maximum Gasteiger partial charge on any atom is 0.411 e. The molecule has 2 amide bonds. The minimum absolute atomic E-state index is 0.0645. The first-order valence-electron chi connectivity index (χ1n) is 7.19. The zero-order valence-electron chi connectivity index (χ0n) is 13.4. The standard InChI is InChI=1S/C13H21N5O4S/c1-13(2,3)21-12(20)18-7-23-6-8(18)10(19)15-5-4-9-16-11(14)17-22-9/h8H,4-7H2,1-3H3,(H2,14,17)(H,15,19)/t8-/m1/s1. The molecule has 23 heavy (non-hydrogen) atoms. The Morgan fingerprint density at radius 1 is 1.52 bits per heavy atom. The molecule has 0 aliphatic carbocycles. The molecule has 0 aromatic carbocycles. The van der Waals surface area contributed by atoms with Crippen molar-refractivity contribution in [1.29, 1.82) is 0 Å². The lowest BCUT2D eigenvalue weighted by molar-refractivity contribution is -0.125. The molecule has 10 heteroatoms. The predicted molar refractivity (Wildman–Crippen MR) is 84.6 cm³/mol. The van der Waals surface area contributed by atoms with E-state index in [0.29, 0.717) is 30.5 Å². The lowest BCUT2D eigenvalue weighted by atomic mass is 10.2. The van der Waals surface area contributed by atoms with E-state index in [-0.39, 0.29) is 11.9 Å². The molecule has 0 saturated carbocycles. The van der Waals surface area contributed by atoms with Crippen molar-refractivity contribution in [2.24, 2.45) is 0 Å². The molecule has 0 spiro atoms. The van der Waals surface area contributed by atoms with Crippen LogP contribution in [0.1, 0.15) is 26.7 Å². The molecule has 0 bridgehead atoms. The van der Waals surface area contributed by atoms with Gasteiger partial charge in [-0.1, -0.05) is 0 Å². The number of rotatable bonds is 4. The second kappa shape index (κ2) is 7.07. The maximum atomic E-state index is 12.3. The molecule has 1 fully saturated rings. The number of nitrogens with one attached hydrogen (secondary N) is 1. The Morgan fingerprint density at radius 3 is 2.87 bits per heavy atom. The first-order valence-corrected chi connectivity index (χ1v) is 8.35. The normalized spacial score (nSPS) is 18.0. The Morgan fingerprint density at radius 2 is 2.26 bits per heavy atom. The van der Waals surface area contributed by atoms with Crippen molar-refractivity contribution < 1.29 is 18.8 Å². The highest BCUT2D eigenvalue weighted by molar-refractivity contribution is 7.99. The van der Waals surface area contributed by atoms with Crippen LogP contribution in [0.3, 0.4) is 0 Å². The van der Waals surface area contributed by atoms with E-state index in [2.05, 4.69) is 15.5 Å². The van der Waals surface area contributed by atoms with Crippen LogP contribution in [0.5, 0.6) is 0 Å². The SMILES string of the molecule is CC(C)(C)OC(=O)N1CSC[C@@H]1C(=O)NCCc1nc(N)no1. The van der Waals surface area contributed by atoms with Crippen LogP contribution in [0.4, 0.5) is 10.7 Å². The molecule has 128 valence electrons. The fourth-order valence-corrected chi connectivity index (χ4v) is 3.08. The van der Waals surface area contributed by atoms with E-state index in [4.69, 9.17) is 15.0 Å². The Labute approximate surface area is 138 Å². The summed E-state index contributed by atoms with van der Waals surface area (Å²) in [6.07, 6.45) is -0.102. The summed E-state index contributed by atoms with van der Waals surface area (Å²) in [6.45, 7) is 5.70. The predicted octanol–water partition coefficient (Wildman–Crippen LogP) is 0.620. The van der Waals surface area contributed by atoms with E-state index in [1.807, 2.05) is 0 Å². The van der Waals surface area contributed by atoms with Gasteiger partial charge in [0, 0.05) is 18.7 Å². The number of ether oxygens (including phenoxy) is 1. The summed E-state index contributed by atoms with van der Waals surface area (Å²) >= 11 is 1.51. The van der Waals surface area contributed by atoms with Crippen LogP contribution in [0.15, 0.2) is 4.52 Å². The van der Waals surface area contributed by atoms with Crippen LogP contribution in [-0.2, 0) is 16.0 Å². The monoisotopic (exact) mass is 343 g/mol. The largest absolute Gasteiger partial charge is 0.444 e. The summed E-state index contributed by atoms with van der Waals surface area (Å²) in [5, 5.41) is 6.23. The molecule has 1 atom stereocenters. The van der Waals surface area contributed by atoms with Gasteiger partial charge in [0.2, 0.25) is 11.8 Å². The van der Waals surface area contributed by atoms with Crippen molar-refractivity contribution >= 4 is 29.7 Å². The van der Waals surface area contributed by atoms with Crippen molar-refractivity contribution in [3.8, 4) is 0 Å². The first-order chi connectivity index (χ1) is 10.8. The molecule has 1 aromatic heterocycles. The summed E-state index contributed by atoms with van der Waals surface area (Å²) < 4.78 is 10.2. The Balaban J connectivity index is 1.84. The second-order valence-corrected chi connectivity index (χ2v) is 7.05. The van der Waals surface area contributed by atoms with Gasteiger partial charge >= 0.3 is 6.09 Å². The Hall–Kier alpha value is -1.97. The number of anilines is 1. The fraction of sp³-hybridized carbons (Fsp3) is 0.692. The maximum absolute atomic E-state index is 12.3. The van der Waals surface area contributed by atoms with Crippen molar-refractivity contribution in [2.45, 2.75) is 38.8 Å². The van der Waals surface area contributed by atoms with E-state index in [1.165, 1.54) is 16.7 Å². The molecule has 9 nitrogen and oxygen atoms in total. The summed E-state index contributed by atoms with van der Waals surface area (Å²) in [5.74, 6) is 1.17. The van der Waals surface area contributed by atoms with Gasteiger partial charge in [0.15, 0.2) is 0 Å². The third-order valence-corrected chi connectivity index (χ3v) is 3.95. The van der Waals surface area contributed by atoms with Gasteiger partial charge < -0.3 is 20.3 Å². The van der Waals surface area contributed by atoms with Gasteiger partial charge in [-0.2, -0.15) is 4.98 Å². The molecule has 2 heterocycles. The van der Waals surface area contributed by atoms with Crippen molar-refractivity contribution in [3.63, 3.8) is 0 Å². The van der Waals surface area contributed by atoms with Gasteiger partial charge in [-0.15, -0.1) is 11.8 Å². The molecular weight excluding hydrogens is 322 g/mol. The van der Waals surface area contributed by atoms with Crippen LogP contribution in [-0.4, -0.2) is 56.9 Å². The van der Waals surface area contributed by atoms with E-state index >= 15 is 0 Å². The van der Waals surface area contributed by atoms with Gasteiger partial charge in [0.05, 0.1) is 5.88 Å². The van der Waals surface area contributed by atoms with Gasteiger partial charge in [0.25, 0.3) is 5.95 Å².